The van der Waals surface area contributed by atoms with E-state index in [1.165, 1.54) is 0 Å². The molecule has 0 saturated heterocycles. The van der Waals surface area contributed by atoms with Crippen LogP contribution in [0, 0.1) is 18.8 Å². The Bertz CT molecular complexity index is 964. The first kappa shape index (κ1) is 25.7. The number of hydrogen-bond acceptors (Lipinski definition) is 5. The van der Waals surface area contributed by atoms with E-state index < -0.39 is 0 Å². The number of carbonyl (C=O) groups is 2. The largest absolute Gasteiger partial charge is 0.493 e. The lowest BCUT2D eigenvalue weighted by atomic mass is 10.1. The van der Waals surface area contributed by atoms with Crippen LogP contribution in [0.5, 0.6) is 11.5 Å². The van der Waals surface area contributed by atoms with E-state index in [1.807, 2.05) is 37.3 Å². The molecule has 1 aromatic heterocycles. The molecule has 0 atom stereocenters. The van der Waals surface area contributed by atoms with E-state index in [1.54, 1.807) is 24.0 Å². The minimum absolute atomic E-state index is 0.0627. The second-order valence-corrected chi connectivity index (χ2v) is 9.48. The summed E-state index contributed by atoms with van der Waals surface area (Å²) in [6, 6.07) is 9.59. The Labute approximate surface area is 203 Å². The molecule has 1 heterocycles. The molecule has 1 saturated carbocycles. The van der Waals surface area contributed by atoms with E-state index in [9.17, 15) is 9.59 Å². The summed E-state index contributed by atoms with van der Waals surface area (Å²) >= 11 is 0. The Kier molecular flexibility index (Phi) is 9.02. The standard InChI is InChI=1S/C27H38N2O5/c1-19(2)12-14-29(27(31)22-8-9-22)18-26(30)28(17-23-10-6-20(3)34-23)15-13-21-7-11-24(32-4)25(16-21)33-5/h6-7,10-11,16,19,22H,8-9,12-15,17-18H2,1-5H3. The Morgan fingerprint density at radius 1 is 1.03 bits per heavy atom. The summed E-state index contributed by atoms with van der Waals surface area (Å²) in [6.45, 7) is 7.75. The van der Waals surface area contributed by atoms with Crippen LogP contribution in [0.1, 0.15) is 50.2 Å². The van der Waals surface area contributed by atoms with Crippen LogP contribution in [0.3, 0.4) is 0 Å². The second kappa shape index (κ2) is 12.0. The van der Waals surface area contributed by atoms with Gasteiger partial charge in [-0.25, -0.2) is 0 Å². The van der Waals surface area contributed by atoms with Crippen LogP contribution >= 0.6 is 0 Å². The van der Waals surface area contributed by atoms with Crippen LogP contribution in [-0.2, 0) is 22.6 Å². The zero-order valence-corrected chi connectivity index (χ0v) is 21.1. The zero-order chi connectivity index (χ0) is 24.7. The third kappa shape index (κ3) is 7.27. The Balaban J connectivity index is 1.73. The molecule has 3 rings (SSSR count). The molecule has 0 radical (unpaired) electrons. The minimum atomic E-state index is -0.0627. The van der Waals surface area contributed by atoms with E-state index in [4.69, 9.17) is 13.9 Å². The lowest BCUT2D eigenvalue weighted by Gasteiger charge is -2.28. The molecule has 2 aromatic rings. The molecule has 0 aliphatic heterocycles. The summed E-state index contributed by atoms with van der Waals surface area (Å²) in [7, 11) is 3.22. The number of hydrogen-bond donors (Lipinski definition) is 0. The number of ether oxygens (including phenoxy) is 2. The fraction of sp³-hybridized carbons (Fsp3) is 0.556. The molecule has 0 unspecified atom stereocenters. The van der Waals surface area contributed by atoms with Gasteiger partial charge in [0.1, 0.15) is 11.5 Å². The molecule has 0 spiro atoms. The number of rotatable bonds is 13. The third-order valence-electron chi connectivity index (χ3n) is 6.15. The smallest absolute Gasteiger partial charge is 0.242 e. The van der Waals surface area contributed by atoms with Crippen LogP contribution in [0.2, 0.25) is 0 Å². The van der Waals surface area contributed by atoms with Crippen molar-refractivity contribution < 1.29 is 23.5 Å². The molecule has 2 amide bonds. The summed E-state index contributed by atoms with van der Waals surface area (Å²) in [5.74, 6) is 3.49. The third-order valence-corrected chi connectivity index (χ3v) is 6.15. The summed E-state index contributed by atoms with van der Waals surface area (Å²) < 4.78 is 16.5. The number of carbonyl (C=O) groups excluding carboxylic acids is 2. The SMILES string of the molecule is COc1ccc(CCN(Cc2ccc(C)o2)C(=O)CN(CCC(C)C)C(=O)C2CC2)cc1OC. The van der Waals surface area contributed by atoms with Crippen molar-refractivity contribution in [1.29, 1.82) is 0 Å². The maximum absolute atomic E-state index is 13.4. The molecule has 186 valence electrons. The summed E-state index contributed by atoms with van der Waals surface area (Å²) in [4.78, 5) is 29.9. The highest BCUT2D eigenvalue weighted by molar-refractivity contribution is 5.87. The van der Waals surface area contributed by atoms with Crippen LogP contribution in [0.15, 0.2) is 34.7 Å². The average Bonchev–Trinajstić information content (AvgIpc) is 3.59. The van der Waals surface area contributed by atoms with Gasteiger partial charge in [0, 0.05) is 19.0 Å². The van der Waals surface area contributed by atoms with Crippen LogP contribution in [0.4, 0.5) is 0 Å². The normalized spacial score (nSPS) is 13.1. The van der Waals surface area contributed by atoms with Crippen molar-refractivity contribution in [2.45, 2.75) is 53.0 Å². The minimum Gasteiger partial charge on any atom is -0.493 e. The predicted molar refractivity (Wildman–Crippen MR) is 131 cm³/mol. The molecule has 0 N–H and O–H groups in total. The van der Waals surface area contributed by atoms with Crippen LogP contribution in [0.25, 0.3) is 0 Å². The number of amides is 2. The van der Waals surface area contributed by atoms with Gasteiger partial charge in [-0.1, -0.05) is 19.9 Å². The van der Waals surface area contributed by atoms with Gasteiger partial charge in [0.15, 0.2) is 11.5 Å². The highest BCUT2D eigenvalue weighted by Crippen LogP contribution is 2.31. The molecule has 7 heteroatoms. The topological polar surface area (TPSA) is 72.2 Å². The molecule has 34 heavy (non-hydrogen) atoms. The highest BCUT2D eigenvalue weighted by Gasteiger charge is 2.34. The summed E-state index contributed by atoms with van der Waals surface area (Å²) in [5, 5.41) is 0. The molecule has 1 fully saturated rings. The number of nitrogens with zero attached hydrogens (tertiary/aromatic N) is 2. The van der Waals surface area contributed by atoms with E-state index >= 15 is 0 Å². The number of methoxy groups -OCH3 is 2. The molecule has 1 aliphatic carbocycles. The summed E-state index contributed by atoms with van der Waals surface area (Å²) in [5.41, 5.74) is 1.04. The van der Waals surface area contributed by atoms with E-state index in [0.29, 0.717) is 43.5 Å². The zero-order valence-electron chi connectivity index (χ0n) is 21.1. The van der Waals surface area contributed by atoms with Crippen molar-refractivity contribution >= 4 is 11.8 Å². The van der Waals surface area contributed by atoms with Crippen molar-refractivity contribution in [3.63, 3.8) is 0 Å². The van der Waals surface area contributed by atoms with Crippen LogP contribution < -0.4 is 9.47 Å². The van der Waals surface area contributed by atoms with Crippen molar-refractivity contribution in [1.82, 2.24) is 9.80 Å². The second-order valence-electron chi connectivity index (χ2n) is 9.48. The predicted octanol–water partition coefficient (Wildman–Crippen LogP) is 4.46. The number of aryl methyl sites for hydroxylation is 1. The average molecular weight is 471 g/mol. The first-order chi connectivity index (χ1) is 16.3. The maximum atomic E-state index is 13.4. The monoisotopic (exact) mass is 470 g/mol. The van der Waals surface area contributed by atoms with E-state index in [-0.39, 0.29) is 24.3 Å². The van der Waals surface area contributed by atoms with Gasteiger partial charge in [-0.15, -0.1) is 0 Å². The van der Waals surface area contributed by atoms with Crippen molar-refractivity contribution in [2.24, 2.45) is 11.8 Å². The lowest BCUT2D eigenvalue weighted by molar-refractivity contribution is -0.141. The summed E-state index contributed by atoms with van der Waals surface area (Å²) in [6.07, 6.45) is 3.39. The van der Waals surface area contributed by atoms with Gasteiger partial charge < -0.3 is 23.7 Å². The molecule has 7 nitrogen and oxygen atoms in total. The quantitative estimate of drug-likeness (QED) is 0.432. The Hall–Kier alpha value is -2.96. The van der Waals surface area contributed by atoms with Crippen LogP contribution in [-0.4, -0.2) is 55.5 Å². The van der Waals surface area contributed by atoms with Gasteiger partial charge in [-0.05, 0) is 68.4 Å². The fourth-order valence-electron chi connectivity index (χ4n) is 3.88. The Morgan fingerprint density at radius 3 is 2.35 bits per heavy atom. The van der Waals surface area contributed by atoms with Gasteiger partial charge in [0.25, 0.3) is 0 Å². The van der Waals surface area contributed by atoms with Crippen molar-refractivity contribution in [3.8, 4) is 11.5 Å². The number of furan rings is 1. The number of benzene rings is 1. The van der Waals surface area contributed by atoms with Gasteiger partial charge in [-0.3, -0.25) is 9.59 Å². The highest BCUT2D eigenvalue weighted by atomic mass is 16.5. The Morgan fingerprint density at radius 2 is 1.76 bits per heavy atom. The molecule has 1 aliphatic rings. The van der Waals surface area contributed by atoms with E-state index in [0.717, 1.165) is 36.3 Å². The molecule has 1 aromatic carbocycles. The van der Waals surface area contributed by atoms with Gasteiger partial charge in [0.2, 0.25) is 11.8 Å². The lowest BCUT2D eigenvalue weighted by Crippen LogP contribution is -2.44. The molecular weight excluding hydrogens is 432 g/mol. The van der Waals surface area contributed by atoms with E-state index in [2.05, 4.69) is 13.8 Å². The first-order valence-corrected chi connectivity index (χ1v) is 12.1. The molecule has 0 bridgehead atoms. The first-order valence-electron chi connectivity index (χ1n) is 12.1. The van der Waals surface area contributed by atoms with Gasteiger partial charge >= 0.3 is 0 Å². The fourth-order valence-corrected chi connectivity index (χ4v) is 3.88. The van der Waals surface area contributed by atoms with Gasteiger partial charge in [-0.2, -0.15) is 0 Å². The molecular formula is C27H38N2O5. The van der Waals surface area contributed by atoms with Gasteiger partial charge in [0.05, 0.1) is 27.3 Å². The van der Waals surface area contributed by atoms with Crippen molar-refractivity contribution in [2.75, 3.05) is 33.9 Å². The maximum Gasteiger partial charge on any atom is 0.242 e. The van der Waals surface area contributed by atoms with Crippen molar-refractivity contribution in [3.05, 3.63) is 47.4 Å².